The van der Waals surface area contributed by atoms with E-state index in [0.29, 0.717) is 34.8 Å². The summed E-state index contributed by atoms with van der Waals surface area (Å²) in [7, 11) is 1.66. The van der Waals surface area contributed by atoms with Crippen molar-refractivity contribution in [1.29, 1.82) is 0 Å². The second-order valence-corrected chi connectivity index (χ2v) is 14.1. The standard InChI is InChI=1S/C42H62N4O5S/c1-8-33(50-7)22-19-21-31(5)45-40(32(6)42(43)49)36(30(3)4)27-34(9-2)52-26-18-16-14-12-10-11-13-15-17-25-44-28-38(47)35-23-20-24-37-41(35)51-29-39(48)46-37/h9,19-24,27,38,44,47H,3,8,10-18,25-26,28-29H2,1-2,4-7H3,(H2,43,49)(H,46,48)/b21-19-,33-22?,34-9?,36-27+,40-32?,45-31?. The van der Waals surface area contributed by atoms with E-state index in [1.165, 1.54) is 44.9 Å². The average molecular weight is 735 g/mol. The van der Waals surface area contributed by atoms with Crippen molar-refractivity contribution in [3.8, 4) is 5.75 Å². The number of carbonyl (C=O) groups excluding carboxylic acids is 2. The Balaban J connectivity index is 1.70. The Morgan fingerprint density at radius 3 is 2.42 bits per heavy atom. The molecule has 0 fully saturated rings. The maximum absolute atomic E-state index is 12.2. The fourth-order valence-corrected chi connectivity index (χ4v) is 6.53. The summed E-state index contributed by atoms with van der Waals surface area (Å²) >= 11 is 1.81. The topological polar surface area (TPSA) is 135 Å². The minimum absolute atomic E-state index is 0.0273. The summed E-state index contributed by atoms with van der Waals surface area (Å²) in [5.74, 6) is 1.76. The number of aliphatic hydroxyl groups is 1. The minimum Gasteiger partial charge on any atom is -0.501 e. The van der Waals surface area contributed by atoms with Crippen LogP contribution in [0.4, 0.5) is 5.69 Å². The predicted molar refractivity (Wildman–Crippen MR) is 219 cm³/mol. The van der Waals surface area contributed by atoms with Gasteiger partial charge in [0.05, 0.1) is 30.4 Å². The lowest BCUT2D eigenvalue weighted by atomic mass is 10.0. The number of carbonyl (C=O) groups is 2. The molecule has 0 saturated heterocycles. The molecule has 0 bridgehead atoms. The molecule has 1 aliphatic rings. The number of primary amides is 1. The Labute approximate surface area is 316 Å². The maximum Gasteiger partial charge on any atom is 0.262 e. The number of hydrogen-bond acceptors (Lipinski definition) is 8. The number of thioether (sulfide) groups is 1. The number of aliphatic hydroxyl groups excluding tert-OH is 1. The number of nitrogens with two attached hydrogens (primary N) is 1. The molecular weight excluding hydrogens is 673 g/mol. The van der Waals surface area contributed by atoms with Gasteiger partial charge in [-0.15, -0.1) is 11.8 Å². The molecule has 52 heavy (non-hydrogen) atoms. The van der Waals surface area contributed by atoms with Gasteiger partial charge in [-0.3, -0.25) is 14.6 Å². The Morgan fingerprint density at radius 2 is 1.81 bits per heavy atom. The molecule has 1 atom stereocenters. The number of rotatable bonds is 25. The molecule has 1 unspecified atom stereocenters. The number of unbranched alkanes of at least 4 members (excludes halogenated alkanes) is 8. The molecule has 2 rings (SSSR count). The van der Waals surface area contributed by atoms with E-state index in [1.807, 2.05) is 69.8 Å². The van der Waals surface area contributed by atoms with Gasteiger partial charge in [0.2, 0.25) is 5.91 Å². The van der Waals surface area contributed by atoms with Crippen molar-refractivity contribution in [2.75, 3.05) is 37.9 Å². The Bertz CT molecular complexity index is 1520. The molecule has 1 heterocycles. The maximum atomic E-state index is 12.2. The minimum atomic E-state index is -0.693. The molecular formula is C42H62N4O5S. The van der Waals surface area contributed by atoms with E-state index in [9.17, 15) is 14.7 Å². The summed E-state index contributed by atoms with van der Waals surface area (Å²) in [5, 5.41) is 16.8. The molecule has 5 N–H and O–H groups in total. The van der Waals surface area contributed by atoms with Crippen molar-refractivity contribution in [3.63, 3.8) is 0 Å². The highest BCUT2D eigenvalue weighted by molar-refractivity contribution is 8.03. The van der Waals surface area contributed by atoms with Crippen molar-refractivity contribution >= 4 is 35.0 Å². The summed E-state index contributed by atoms with van der Waals surface area (Å²) in [6.45, 7) is 15.1. The molecule has 1 aromatic rings. The van der Waals surface area contributed by atoms with Crippen molar-refractivity contribution in [1.82, 2.24) is 5.32 Å². The zero-order chi connectivity index (χ0) is 38.3. The van der Waals surface area contributed by atoms with Crippen LogP contribution in [0.5, 0.6) is 5.75 Å². The molecule has 286 valence electrons. The third-order valence-corrected chi connectivity index (χ3v) is 9.84. The first-order chi connectivity index (χ1) is 25.0. The highest BCUT2D eigenvalue weighted by Crippen LogP contribution is 2.35. The van der Waals surface area contributed by atoms with Crippen molar-refractivity contribution in [2.24, 2.45) is 10.7 Å². The Kier molecular flexibility index (Phi) is 21.4. The summed E-state index contributed by atoms with van der Waals surface area (Å²) in [4.78, 5) is 29.7. The second kappa shape index (κ2) is 25.2. The molecule has 9 nitrogen and oxygen atoms in total. The van der Waals surface area contributed by atoms with E-state index in [4.69, 9.17) is 20.2 Å². The van der Waals surface area contributed by atoms with Crippen LogP contribution in [0.1, 0.15) is 110 Å². The van der Waals surface area contributed by atoms with Gasteiger partial charge in [-0.25, -0.2) is 0 Å². The lowest BCUT2D eigenvalue weighted by molar-refractivity contribution is -0.118. The number of allylic oxidation sites excluding steroid dienone is 7. The Morgan fingerprint density at radius 1 is 1.13 bits per heavy atom. The number of fused-ring (bicyclic) bond motifs is 1. The number of para-hydroxylation sites is 1. The molecule has 10 heteroatoms. The number of aliphatic imine (C=N–C) groups is 1. The first-order valence-corrected chi connectivity index (χ1v) is 19.6. The van der Waals surface area contributed by atoms with Crippen molar-refractivity contribution < 1.29 is 24.2 Å². The van der Waals surface area contributed by atoms with Gasteiger partial charge in [-0.05, 0) is 82.7 Å². The molecule has 0 aromatic heterocycles. The van der Waals surface area contributed by atoms with Crippen LogP contribution in [0.15, 0.2) is 93.2 Å². The van der Waals surface area contributed by atoms with Crippen LogP contribution in [-0.2, 0) is 14.3 Å². The number of methoxy groups -OCH3 is 1. The summed E-state index contributed by atoms with van der Waals surface area (Å²) in [6.07, 6.45) is 20.7. The first-order valence-electron chi connectivity index (χ1n) is 18.6. The van der Waals surface area contributed by atoms with Crippen LogP contribution in [0.2, 0.25) is 0 Å². The summed E-state index contributed by atoms with van der Waals surface area (Å²) in [5.41, 5.74) is 10.3. The van der Waals surface area contributed by atoms with Gasteiger partial charge in [0.25, 0.3) is 5.91 Å². The number of nitrogens with zero attached hydrogens (tertiary/aromatic N) is 1. The first kappa shape index (κ1) is 44.3. The highest BCUT2D eigenvalue weighted by Gasteiger charge is 2.22. The van der Waals surface area contributed by atoms with Crippen LogP contribution in [0.3, 0.4) is 0 Å². The van der Waals surface area contributed by atoms with Crippen LogP contribution in [-0.4, -0.2) is 55.2 Å². The quantitative estimate of drug-likeness (QED) is 0.0259. The average Bonchev–Trinajstić information content (AvgIpc) is 3.12. The van der Waals surface area contributed by atoms with Gasteiger partial charge in [-0.1, -0.05) is 82.7 Å². The molecule has 2 amide bonds. The van der Waals surface area contributed by atoms with E-state index in [0.717, 1.165) is 59.1 Å². The van der Waals surface area contributed by atoms with Crippen LogP contribution >= 0.6 is 11.8 Å². The lowest BCUT2D eigenvalue weighted by Crippen LogP contribution is -2.28. The SMILES string of the molecule is C=C(C)/C(=C\C(=CC)SCCCCCCCCCCCNCC(O)c1cccc2c1OCC(=O)N2)C(N=C(C)/C=C\C=C(CC)OC)=C(C)C(N)=O. The number of ether oxygens (including phenoxy) is 2. The normalized spacial score (nSPS) is 15.2. The third-order valence-electron chi connectivity index (χ3n) is 8.66. The van der Waals surface area contributed by atoms with E-state index >= 15 is 0 Å². The zero-order valence-electron chi connectivity index (χ0n) is 32.3. The Hall–Kier alpha value is -3.86. The molecule has 0 radical (unpaired) electrons. The van der Waals surface area contributed by atoms with Gasteiger partial charge in [0, 0.05) is 40.3 Å². The van der Waals surface area contributed by atoms with Crippen LogP contribution in [0.25, 0.3) is 0 Å². The van der Waals surface area contributed by atoms with Gasteiger partial charge in [0.1, 0.15) is 5.75 Å². The summed E-state index contributed by atoms with van der Waals surface area (Å²) in [6, 6.07) is 5.44. The fraction of sp³-hybridized carbons (Fsp3) is 0.500. The van der Waals surface area contributed by atoms with Gasteiger partial charge < -0.3 is 30.9 Å². The molecule has 1 aromatic carbocycles. The zero-order valence-corrected chi connectivity index (χ0v) is 33.1. The fourth-order valence-electron chi connectivity index (χ4n) is 5.57. The molecule has 0 spiro atoms. The lowest BCUT2D eigenvalue weighted by Gasteiger charge is -2.23. The summed E-state index contributed by atoms with van der Waals surface area (Å²) < 4.78 is 10.9. The van der Waals surface area contributed by atoms with Crippen LogP contribution in [0, 0.1) is 0 Å². The van der Waals surface area contributed by atoms with E-state index in [1.54, 1.807) is 20.1 Å². The monoisotopic (exact) mass is 734 g/mol. The highest BCUT2D eigenvalue weighted by atomic mass is 32.2. The van der Waals surface area contributed by atoms with Gasteiger partial charge in [0.15, 0.2) is 6.61 Å². The van der Waals surface area contributed by atoms with Gasteiger partial charge in [-0.2, -0.15) is 0 Å². The largest absolute Gasteiger partial charge is 0.501 e. The molecule has 0 saturated carbocycles. The number of anilines is 1. The third kappa shape index (κ3) is 16.2. The van der Waals surface area contributed by atoms with E-state index < -0.39 is 12.0 Å². The molecule has 1 aliphatic heterocycles. The predicted octanol–water partition coefficient (Wildman–Crippen LogP) is 9.01. The number of hydrogen-bond donors (Lipinski definition) is 4. The van der Waals surface area contributed by atoms with E-state index in [2.05, 4.69) is 29.4 Å². The van der Waals surface area contributed by atoms with Crippen molar-refractivity contribution in [2.45, 2.75) is 105 Å². The van der Waals surface area contributed by atoms with E-state index in [-0.39, 0.29) is 12.5 Å². The van der Waals surface area contributed by atoms with Gasteiger partial charge >= 0.3 is 0 Å². The second-order valence-electron chi connectivity index (χ2n) is 13.0. The molecule has 0 aliphatic carbocycles. The number of amides is 2. The van der Waals surface area contributed by atoms with Crippen LogP contribution < -0.4 is 21.1 Å². The number of benzene rings is 1. The van der Waals surface area contributed by atoms with Crippen molar-refractivity contribution in [3.05, 3.63) is 93.8 Å². The smallest absolute Gasteiger partial charge is 0.262 e. The number of nitrogens with one attached hydrogen (secondary N) is 2.